The molecule has 1 aliphatic rings. The quantitative estimate of drug-likeness (QED) is 0.823. The second-order valence-corrected chi connectivity index (χ2v) is 5.28. The Morgan fingerprint density at radius 2 is 1.76 bits per heavy atom. The van der Waals surface area contributed by atoms with Gasteiger partial charge in [-0.05, 0) is 30.0 Å². The standard InChI is InChI=1S/C15H22FN/c1-3-12(4-2)9-15(10-17-11-15)13-5-7-14(16)8-6-13/h5-8,12,17H,3-4,9-11H2,1-2H3. The molecule has 0 bridgehead atoms. The first-order valence-corrected chi connectivity index (χ1v) is 6.67. The average Bonchev–Trinajstić information content (AvgIpc) is 2.30. The smallest absolute Gasteiger partial charge is 0.123 e. The first kappa shape index (κ1) is 12.6. The molecule has 0 radical (unpaired) electrons. The van der Waals surface area contributed by atoms with Gasteiger partial charge in [-0.15, -0.1) is 0 Å². The van der Waals surface area contributed by atoms with Crippen LogP contribution in [0, 0.1) is 11.7 Å². The number of rotatable bonds is 5. The zero-order chi connectivity index (χ0) is 12.3. The minimum Gasteiger partial charge on any atom is -0.315 e. The van der Waals surface area contributed by atoms with Gasteiger partial charge < -0.3 is 5.32 Å². The van der Waals surface area contributed by atoms with E-state index in [0.717, 1.165) is 19.0 Å². The van der Waals surface area contributed by atoms with Crippen molar-refractivity contribution in [3.63, 3.8) is 0 Å². The van der Waals surface area contributed by atoms with Crippen molar-refractivity contribution in [3.8, 4) is 0 Å². The van der Waals surface area contributed by atoms with Crippen LogP contribution in [-0.4, -0.2) is 13.1 Å². The van der Waals surface area contributed by atoms with Gasteiger partial charge in [0.2, 0.25) is 0 Å². The molecule has 1 aromatic rings. The summed E-state index contributed by atoms with van der Waals surface area (Å²) in [5, 5.41) is 3.37. The molecule has 2 rings (SSSR count). The molecule has 1 nitrogen and oxygen atoms in total. The lowest BCUT2D eigenvalue weighted by Gasteiger charge is -2.45. The summed E-state index contributed by atoms with van der Waals surface area (Å²) in [6.45, 7) is 6.60. The molecule has 1 fully saturated rings. The normalized spacial score (nSPS) is 18.1. The Hall–Kier alpha value is -0.890. The largest absolute Gasteiger partial charge is 0.315 e. The summed E-state index contributed by atoms with van der Waals surface area (Å²) in [7, 11) is 0. The van der Waals surface area contributed by atoms with E-state index in [4.69, 9.17) is 0 Å². The van der Waals surface area contributed by atoms with Crippen molar-refractivity contribution in [1.82, 2.24) is 5.32 Å². The van der Waals surface area contributed by atoms with Crippen molar-refractivity contribution in [2.45, 2.75) is 38.5 Å². The predicted molar refractivity (Wildman–Crippen MR) is 69.6 cm³/mol. The Balaban J connectivity index is 2.16. The van der Waals surface area contributed by atoms with Crippen LogP contribution in [0.1, 0.15) is 38.7 Å². The van der Waals surface area contributed by atoms with E-state index in [1.807, 2.05) is 12.1 Å². The van der Waals surface area contributed by atoms with Gasteiger partial charge in [0.15, 0.2) is 0 Å². The molecule has 1 aromatic carbocycles. The minimum atomic E-state index is -0.140. The highest BCUT2D eigenvalue weighted by Gasteiger charge is 2.39. The van der Waals surface area contributed by atoms with E-state index in [1.54, 1.807) is 12.1 Å². The highest BCUT2D eigenvalue weighted by molar-refractivity contribution is 5.30. The molecule has 1 heterocycles. The number of halogens is 1. The van der Waals surface area contributed by atoms with Crippen molar-refractivity contribution < 1.29 is 4.39 Å². The number of nitrogens with one attached hydrogen (secondary N) is 1. The summed E-state index contributed by atoms with van der Waals surface area (Å²) in [5.74, 6) is 0.640. The van der Waals surface area contributed by atoms with Crippen LogP contribution in [-0.2, 0) is 5.41 Å². The van der Waals surface area contributed by atoms with Gasteiger partial charge >= 0.3 is 0 Å². The summed E-state index contributed by atoms with van der Waals surface area (Å²) >= 11 is 0. The van der Waals surface area contributed by atoms with Gasteiger partial charge in [0.05, 0.1) is 0 Å². The topological polar surface area (TPSA) is 12.0 Å². The van der Waals surface area contributed by atoms with Crippen molar-refractivity contribution in [2.24, 2.45) is 5.92 Å². The van der Waals surface area contributed by atoms with Gasteiger partial charge in [0.25, 0.3) is 0 Å². The number of benzene rings is 1. The lowest BCUT2D eigenvalue weighted by atomic mass is 9.68. The molecule has 0 aromatic heterocycles. The fourth-order valence-electron chi connectivity index (χ4n) is 2.83. The van der Waals surface area contributed by atoms with E-state index in [-0.39, 0.29) is 11.2 Å². The molecule has 0 amide bonds. The van der Waals surface area contributed by atoms with Crippen LogP contribution in [0.5, 0.6) is 0 Å². The zero-order valence-electron chi connectivity index (χ0n) is 10.8. The van der Waals surface area contributed by atoms with Crippen molar-refractivity contribution in [2.75, 3.05) is 13.1 Å². The third-order valence-electron chi connectivity index (χ3n) is 4.22. The molecule has 0 atom stereocenters. The highest BCUT2D eigenvalue weighted by Crippen LogP contribution is 2.37. The van der Waals surface area contributed by atoms with Crippen LogP contribution >= 0.6 is 0 Å². The monoisotopic (exact) mass is 235 g/mol. The molecule has 17 heavy (non-hydrogen) atoms. The highest BCUT2D eigenvalue weighted by atomic mass is 19.1. The lowest BCUT2D eigenvalue weighted by molar-refractivity contribution is 0.211. The van der Waals surface area contributed by atoms with E-state index < -0.39 is 0 Å². The first-order valence-electron chi connectivity index (χ1n) is 6.67. The first-order chi connectivity index (χ1) is 8.20. The molecule has 94 valence electrons. The van der Waals surface area contributed by atoms with Gasteiger partial charge in [0.1, 0.15) is 5.82 Å². The van der Waals surface area contributed by atoms with Crippen LogP contribution in [0.3, 0.4) is 0 Å². The molecule has 2 heteroatoms. The zero-order valence-corrected chi connectivity index (χ0v) is 10.8. The molecule has 0 aliphatic carbocycles. The molecular weight excluding hydrogens is 213 g/mol. The summed E-state index contributed by atoms with van der Waals surface area (Å²) in [6, 6.07) is 7.09. The maximum absolute atomic E-state index is 13.0. The lowest BCUT2D eigenvalue weighted by Crippen LogP contribution is -2.57. The van der Waals surface area contributed by atoms with E-state index in [9.17, 15) is 4.39 Å². The molecule has 0 spiro atoms. The number of hydrogen-bond donors (Lipinski definition) is 1. The second-order valence-electron chi connectivity index (χ2n) is 5.28. The third-order valence-corrected chi connectivity index (χ3v) is 4.22. The Kier molecular flexibility index (Phi) is 3.82. The molecule has 0 unspecified atom stereocenters. The Morgan fingerprint density at radius 3 is 2.18 bits per heavy atom. The number of hydrogen-bond acceptors (Lipinski definition) is 1. The van der Waals surface area contributed by atoms with Crippen LogP contribution in [0.2, 0.25) is 0 Å². The van der Waals surface area contributed by atoms with Gasteiger partial charge in [-0.2, -0.15) is 0 Å². The Bertz CT molecular complexity index is 350. The predicted octanol–water partition coefficient (Wildman–Crippen LogP) is 3.49. The summed E-state index contributed by atoms with van der Waals surface area (Å²) in [6.07, 6.45) is 3.69. The second kappa shape index (κ2) is 5.18. The molecule has 1 saturated heterocycles. The average molecular weight is 235 g/mol. The minimum absolute atomic E-state index is 0.140. The Labute approximate surface area is 103 Å². The van der Waals surface area contributed by atoms with Crippen LogP contribution in [0.25, 0.3) is 0 Å². The van der Waals surface area contributed by atoms with Gasteiger partial charge in [-0.3, -0.25) is 0 Å². The summed E-state index contributed by atoms with van der Waals surface area (Å²) in [5.41, 5.74) is 1.55. The maximum atomic E-state index is 13.0. The van der Waals surface area contributed by atoms with E-state index in [2.05, 4.69) is 19.2 Å². The van der Waals surface area contributed by atoms with Crippen molar-refractivity contribution >= 4 is 0 Å². The summed E-state index contributed by atoms with van der Waals surface area (Å²) < 4.78 is 13.0. The van der Waals surface area contributed by atoms with Gasteiger partial charge in [-0.25, -0.2) is 4.39 Å². The van der Waals surface area contributed by atoms with Crippen molar-refractivity contribution in [3.05, 3.63) is 35.6 Å². The van der Waals surface area contributed by atoms with Crippen LogP contribution in [0.15, 0.2) is 24.3 Å². The molecular formula is C15H22FN. The van der Waals surface area contributed by atoms with Gasteiger partial charge in [-0.1, -0.05) is 38.8 Å². The fourth-order valence-corrected chi connectivity index (χ4v) is 2.83. The maximum Gasteiger partial charge on any atom is 0.123 e. The van der Waals surface area contributed by atoms with E-state index >= 15 is 0 Å². The van der Waals surface area contributed by atoms with E-state index in [1.165, 1.54) is 24.8 Å². The SMILES string of the molecule is CCC(CC)CC1(c2ccc(F)cc2)CNC1. The fraction of sp³-hybridized carbons (Fsp3) is 0.600. The summed E-state index contributed by atoms with van der Waals surface area (Å²) in [4.78, 5) is 0. The molecule has 0 saturated carbocycles. The van der Waals surface area contributed by atoms with E-state index in [0.29, 0.717) is 0 Å². The van der Waals surface area contributed by atoms with Crippen molar-refractivity contribution in [1.29, 1.82) is 0 Å². The molecule has 1 N–H and O–H groups in total. The molecule has 1 aliphatic heterocycles. The van der Waals surface area contributed by atoms with Gasteiger partial charge in [0, 0.05) is 18.5 Å². The van der Waals surface area contributed by atoms with Crippen LogP contribution in [0.4, 0.5) is 4.39 Å². The Morgan fingerprint density at radius 1 is 1.18 bits per heavy atom. The third kappa shape index (κ3) is 2.52. The van der Waals surface area contributed by atoms with Crippen LogP contribution < -0.4 is 5.32 Å².